The van der Waals surface area contributed by atoms with Gasteiger partial charge in [0.15, 0.2) is 0 Å². The standard InChI is InChI=1S/C11H20N4/c1-11(2,3)15-10-6-8-13-9(14-10)5-7-12-4/h6,8,12H,5,7H2,1-4H3,(H,13,14,15). The van der Waals surface area contributed by atoms with Crippen molar-refractivity contribution >= 4 is 5.82 Å². The molecule has 0 spiro atoms. The summed E-state index contributed by atoms with van der Waals surface area (Å²) in [6, 6.07) is 1.90. The predicted octanol–water partition coefficient (Wildman–Crippen LogP) is 1.45. The van der Waals surface area contributed by atoms with Gasteiger partial charge >= 0.3 is 0 Å². The molecule has 0 amide bonds. The number of aromatic nitrogens is 2. The first kappa shape index (κ1) is 11.9. The maximum atomic E-state index is 4.43. The van der Waals surface area contributed by atoms with Crippen LogP contribution in [0.25, 0.3) is 0 Å². The van der Waals surface area contributed by atoms with Crippen LogP contribution in [-0.2, 0) is 6.42 Å². The Hall–Kier alpha value is -1.16. The molecule has 2 N–H and O–H groups in total. The van der Waals surface area contributed by atoms with Crippen molar-refractivity contribution in [2.75, 3.05) is 18.9 Å². The molecule has 0 atom stereocenters. The first-order valence-electron chi connectivity index (χ1n) is 5.26. The molecule has 0 fully saturated rings. The van der Waals surface area contributed by atoms with E-state index in [1.54, 1.807) is 6.20 Å². The number of hydrogen-bond acceptors (Lipinski definition) is 4. The molecule has 15 heavy (non-hydrogen) atoms. The van der Waals surface area contributed by atoms with Crippen molar-refractivity contribution in [3.63, 3.8) is 0 Å². The van der Waals surface area contributed by atoms with Gasteiger partial charge in [-0.1, -0.05) is 0 Å². The topological polar surface area (TPSA) is 49.8 Å². The second-order valence-corrected chi connectivity index (χ2v) is 4.59. The molecular formula is C11H20N4. The van der Waals surface area contributed by atoms with Gasteiger partial charge in [-0.3, -0.25) is 0 Å². The Kier molecular flexibility index (Phi) is 4.03. The summed E-state index contributed by atoms with van der Waals surface area (Å²) in [5, 5.41) is 6.41. The average Bonchev–Trinajstić information content (AvgIpc) is 2.12. The first-order chi connectivity index (χ1) is 7.01. The molecule has 0 aromatic carbocycles. The van der Waals surface area contributed by atoms with Gasteiger partial charge < -0.3 is 10.6 Å². The number of likely N-dealkylation sites (N-methyl/N-ethyl adjacent to an activating group) is 1. The molecule has 0 saturated carbocycles. The van der Waals surface area contributed by atoms with Crippen LogP contribution in [0.4, 0.5) is 5.82 Å². The van der Waals surface area contributed by atoms with E-state index in [0.717, 1.165) is 24.6 Å². The highest BCUT2D eigenvalue weighted by atomic mass is 15.1. The number of rotatable bonds is 4. The highest BCUT2D eigenvalue weighted by Gasteiger charge is 2.10. The normalized spacial score (nSPS) is 11.5. The van der Waals surface area contributed by atoms with E-state index in [-0.39, 0.29) is 5.54 Å². The molecule has 1 aromatic rings. The van der Waals surface area contributed by atoms with E-state index in [1.165, 1.54) is 0 Å². The van der Waals surface area contributed by atoms with Gasteiger partial charge in [0.2, 0.25) is 0 Å². The fourth-order valence-electron chi connectivity index (χ4n) is 1.21. The lowest BCUT2D eigenvalue weighted by atomic mass is 10.1. The van der Waals surface area contributed by atoms with Crippen LogP contribution in [0.5, 0.6) is 0 Å². The Morgan fingerprint density at radius 3 is 2.67 bits per heavy atom. The third-order valence-electron chi connectivity index (χ3n) is 1.81. The number of nitrogens with one attached hydrogen (secondary N) is 2. The fraction of sp³-hybridized carbons (Fsp3) is 0.636. The van der Waals surface area contributed by atoms with Crippen molar-refractivity contribution in [2.45, 2.75) is 32.7 Å². The summed E-state index contributed by atoms with van der Waals surface area (Å²) in [6.07, 6.45) is 2.65. The Morgan fingerprint density at radius 1 is 1.33 bits per heavy atom. The molecular weight excluding hydrogens is 188 g/mol. The van der Waals surface area contributed by atoms with Crippen molar-refractivity contribution < 1.29 is 0 Å². The van der Waals surface area contributed by atoms with Gasteiger partial charge in [0.1, 0.15) is 11.6 Å². The molecule has 84 valence electrons. The van der Waals surface area contributed by atoms with Crippen LogP contribution in [0, 0.1) is 0 Å². The summed E-state index contributed by atoms with van der Waals surface area (Å²) < 4.78 is 0. The van der Waals surface area contributed by atoms with Crippen LogP contribution in [0.1, 0.15) is 26.6 Å². The molecule has 4 heteroatoms. The molecule has 0 radical (unpaired) electrons. The average molecular weight is 208 g/mol. The van der Waals surface area contributed by atoms with Crippen molar-refractivity contribution in [3.8, 4) is 0 Å². The number of anilines is 1. The van der Waals surface area contributed by atoms with Crippen molar-refractivity contribution in [3.05, 3.63) is 18.1 Å². The molecule has 1 rings (SSSR count). The molecule has 1 heterocycles. The molecule has 0 saturated heterocycles. The van der Waals surface area contributed by atoms with E-state index in [0.29, 0.717) is 0 Å². The summed E-state index contributed by atoms with van der Waals surface area (Å²) in [4.78, 5) is 8.65. The number of hydrogen-bond donors (Lipinski definition) is 2. The zero-order chi connectivity index (χ0) is 11.3. The highest BCUT2D eigenvalue weighted by Crippen LogP contribution is 2.11. The largest absolute Gasteiger partial charge is 0.365 e. The van der Waals surface area contributed by atoms with Crippen LogP contribution in [0.2, 0.25) is 0 Å². The molecule has 0 bridgehead atoms. The minimum absolute atomic E-state index is 0.0363. The third kappa shape index (κ3) is 4.74. The third-order valence-corrected chi connectivity index (χ3v) is 1.81. The van der Waals surface area contributed by atoms with Crippen LogP contribution in [-0.4, -0.2) is 29.1 Å². The van der Waals surface area contributed by atoms with E-state index in [1.807, 2.05) is 13.1 Å². The van der Waals surface area contributed by atoms with Gasteiger partial charge in [0, 0.05) is 24.7 Å². The molecule has 0 aliphatic carbocycles. The highest BCUT2D eigenvalue weighted by molar-refractivity contribution is 5.35. The van der Waals surface area contributed by atoms with E-state index in [9.17, 15) is 0 Å². The van der Waals surface area contributed by atoms with E-state index >= 15 is 0 Å². The minimum Gasteiger partial charge on any atom is -0.365 e. The zero-order valence-electron chi connectivity index (χ0n) is 9.96. The van der Waals surface area contributed by atoms with E-state index < -0.39 is 0 Å². The maximum Gasteiger partial charge on any atom is 0.131 e. The smallest absolute Gasteiger partial charge is 0.131 e. The molecule has 0 aliphatic heterocycles. The van der Waals surface area contributed by atoms with E-state index in [4.69, 9.17) is 0 Å². The van der Waals surface area contributed by atoms with Gasteiger partial charge in [0.25, 0.3) is 0 Å². The molecule has 0 unspecified atom stereocenters. The monoisotopic (exact) mass is 208 g/mol. The van der Waals surface area contributed by atoms with E-state index in [2.05, 4.69) is 41.4 Å². The van der Waals surface area contributed by atoms with Crippen LogP contribution in [0.15, 0.2) is 12.3 Å². The Bertz CT molecular complexity index is 304. The Balaban J connectivity index is 2.66. The first-order valence-corrected chi connectivity index (χ1v) is 5.26. The Morgan fingerprint density at radius 2 is 2.07 bits per heavy atom. The summed E-state index contributed by atoms with van der Waals surface area (Å²) in [5.74, 6) is 1.77. The van der Waals surface area contributed by atoms with Gasteiger partial charge in [-0.15, -0.1) is 0 Å². The number of nitrogens with zero attached hydrogens (tertiary/aromatic N) is 2. The Labute approximate surface area is 91.5 Å². The van der Waals surface area contributed by atoms with Gasteiger partial charge in [-0.05, 0) is 33.9 Å². The molecule has 0 aliphatic rings. The van der Waals surface area contributed by atoms with Crippen LogP contribution >= 0.6 is 0 Å². The van der Waals surface area contributed by atoms with Crippen molar-refractivity contribution in [1.82, 2.24) is 15.3 Å². The summed E-state index contributed by atoms with van der Waals surface area (Å²) in [5.41, 5.74) is 0.0363. The van der Waals surface area contributed by atoms with Crippen molar-refractivity contribution in [1.29, 1.82) is 0 Å². The quantitative estimate of drug-likeness (QED) is 0.786. The zero-order valence-corrected chi connectivity index (χ0v) is 9.96. The summed E-state index contributed by atoms with van der Waals surface area (Å²) in [7, 11) is 1.93. The van der Waals surface area contributed by atoms with Gasteiger partial charge in [-0.2, -0.15) is 0 Å². The van der Waals surface area contributed by atoms with Gasteiger partial charge in [-0.25, -0.2) is 9.97 Å². The van der Waals surface area contributed by atoms with Crippen LogP contribution < -0.4 is 10.6 Å². The lowest BCUT2D eigenvalue weighted by molar-refractivity contribution is 0.628. The summed E-state index contributed by atoms with van der Waals surface area (Å²) in [6.45, 7) is 7.24. The molecule has 1 aromatic heterocycles. The van der Waals surface area contributed by atoms with Crippen LogP contribution in [0.3, 0.4) is 0 Å². The second-order valence-electron chi connectivity index (χ2n) is 4.59. The van der Waals surface area contributed by atoms with Crippen molar-refractivity contribution in [2.24, 2.45) is 0 Å². The second kappa shape index (κ2) is 5.07. The summed E-state index contributed by atoms with van der Waals surface area (Å²) >= 11 is 0. The van der Waals surface area contributed by atoms with Gasteiger partial charge in [0.05, 0.1) is 0 Å². The molecule has 4 nitrogen and oxygen atoms in total. The SMILES string of the molecule is CNCCc1nccc(NC(C)(C)C)n1. The minimum atomic E-state index is 0.0363. The lowest BCUT2D eigenvalue weighted by Crippen LogP contribution is -2.27. The lowest BCUT2D eigenvalue weighted by Gasteiger charge is -2.21. The maximum absolute atomic E-state index is 4.43. The fourth-order valence-corrected chi connectivity index (χ4v) is 1.21. The predicted molar refractivity (Wildman–Crippen MR) is 63.0 cm³/mol.